The second-order valence-electron chi connectivity index (χ2n) is 11.4. The first-order valence-corrected chi connectivity index (χ1v) is 15.8. The van der Waals surface area contributed by atoms with E-state index in [1.165, 1.54) is 24.4 Å². The molecule has 13 heteroatoms. The molecule has 1 aromatic carbocycles. The highest BCUT2D eigenvalue weighted by atomic mass is 32.1. The number of rotatable bonds is 8. The number of pyridine rings is 1. The summed E-state index contributed by atoms with van der Waals surface area (Å²) in [5.74, 6) is -1.05. The van der Waals surface area contributed by atoms with Crippen LogP contribution in [0.25, 0.3) is 32.2 Å². The zero-order valence-corrected chi connectivity index (χ0v) is 26.2. The highest BCUT2D eigenvalue weighted by Crippen LogP contribution is 2.42. The molecular formula is C32H34F2N8O2S. The summed E-state index contributed by atoms with van der Waals surface area (Å²) in [6, 6.07) is 4.57. The van der Waals surface area contributed by atoms with Crippen LogP contribution in [-0.2, 0) is 4.79 Å². The highest BCUT2D eigenvalue weighted by molar-refractivity contribution is 7.23. The molecule has 2 aliphatic heterocycles. The third-order valence-electron chi connectivity index (χ3n) is 9.14. The molecular weight excluding hydrogens is 598 g/mol. The Labute approximate surface area is 263 Å². The Hall–Kier alpha value is -4.41. The topological polar surface area (TPSA) is 125 Å². The first-order chi connectivity index (χ1) is 21.7. The van der Waals surface area contributed by atoms with E-state index in [0.717, 1.165) is 37.3 Å². The summed E-state index contributed by atoms with van der Waals surface area (Å²) in [6.07, 6.45) is 5.52. The second-order valence-corrected chi connectivity index (χ2v) is 12.5. The maximum atomic E-state index is 16.7. The number of fused-ring (bicyclic) bond motifs is 2. The van der Waals surface area contributed by atoms with Crippen molar-refractivity contribution >= 4 is 49.1 Å². The average Bonchev–Trinajstić information content (AvgIpc) is 3.76. The zero-order chi connectivity index (χ0) is 32.0. The molecule has 4 aromatic rings. The summed E-state index contributed by atoms with van der Waals surface area (Å²) in [5, 5.41) is 10.5. The van der Waals surface area contributed by atoms with E-state index in [4.69, 9.17) is 15.5 Å². The summed E-state index contributed by atoms with van der Waals surface area (Å²) in [7, 11) is 1.85. The quantitative estimate of drug-likeness (QED) is 0.264. The zero-order valence-electron chi connectivity index (χ0n) is 25.4. The van der Waals surface area contributed by atoms with Crippen molar-refractivity contribution in [3.63, 3.8) is 0 Å². The van der Waals surface area contributed by atoms with Crippen molar-refractivity contribution in [3.8, 4) is 23.3 Å². The van der Waals surface area contributed by atoms with Gasteiger partial charge in [-0.25, -0.2) is 8.78 Å². The van der Waals surface area contributed by atoms with Crippen LogP contribution in [0, 0.1) is 23.0 Å². The van der Waals surface area contributed by atoms with Crippen LogP contribution in [0.3, 0.4) is 0 Å². The monoisotopic (exact) mass is 632 g/mol. The van der Waals surface area contributed by atoms with E-state index in [9.17, 15) is 14.4 Å². The Balaban J connectivity index is 1.48. The van der Waals surface area contributed by atoms with Crippen molar-refractivity contribution in [2.24, 2.45) is 0 Å². The third kappa shape index (κ3) is 5.21. The van der Waals surface area contributed by atoms with Crippen LogP contribution in [0.15, 0.2) is 31.0 Å². The van der Waals surface area contributed by atoms with E-state index in [1.807, 2.05) is 24.9 Å². The molecule has 6 rings (SSSR count). The minimum absolute atomic E-state index is 0.0190. The molecule has 0 saturated carbocycles. The summed E-state index contributed by atoms with van der Waals surface area (Å²) in [4.78, 5) is 32.2. The number of halogens is 2. The summed E-state index contributed by atoms with van der Waals surface area (Å²) < 4.78 is 37.7. The van der Waals surface area contributed by atoms with Crippen molar-refractivity contribution in [1.29, 1.82) is 5.26 Å². The lowest BCUT2D eigenvalue weighted by atomic mass is 10.0. The Bertz CT molecular complexity index is 1860. The molecule has 3 atom stereocenters. The van der Waals surface area contributed by atoms with Crippen molar-refractivity contribution in [2.75, 3.05) is 43.9 Å². The fourth-order valence-corrected chi connectivity index (χ4v) is 7.69. The number of aromatic nitrogens is 3. The van der Waals surface area contributed by atoms with E-state index in [0.29, 0.717) is 30.8 Å². The number of benzene rings is 1. The predicted molar refractivity (Wildman–Crippen MR) is 171 cm³/mol. The lowest BCUT2D eigenvalue weighted by Crippen LogP contribution is -2.43. The van der Waals surface area contributed by atoms with Crippen LogP contribution >= 0.6 is 11.3 Å². The van der Waals surface area contributed by atoms with Gasteiger partial charge < -0.3 is 20.3 Å². The number of carbonyl (C=O) groups is 1. The Kier molecular flexibility index (Phi) is 8.28. The van der Waals surface area contributed by atoms with Crippen molar-refractivity contribution in [3.05, 3.63) is 48.2 Å². The van der Waals surface area contributed by atoms with E-state index < -0.39 is 11.6 Å². The van der Waals surface area contributed by atoms with E-state index in [1.54, 1.807) is 4.90 Å². The molecule has 234 valence electrons. The van der Waals surface area contributed by atoms with Gasteiger partial charge in [-0.05, 0) is 57.5 Å². The van der Waals surface area contributed by atoms with Crippen LogP contribution in [-0.4, -0.2) is 82.1 Å². The molecule has 2 N–H and O–H groups in total. The number of likely N-dealkylation sites (N-methyl/N-ethyl adjacent to an activating group) is 2. The summed E-state index contributed by atoms with van der Waals surface area (Å²) >= 11 is 0.935. The molecule has 2 fully saturated rings. The van der Waals surface area contributed by atoms with Gasteiger partial charge in [0.25, 0.3) is 0 Å². The van der Waals surface area contributed by atoms with Crippen molar-refractivity contribution in [1.82, 2.24) is 24.8 Å². The molecule has 0 spiro atoms. The number of hydrogen-bond donors (Lipinski definition) is 1. The number of nitrogen functional groups attached to an aromatic ring is 1. The van der Waals surface area contributed by atoms with Crippen molar-refractivity contribution in [2.45, 2.75) is 51.2 Å². The molecule has 0 aliphatic carbocycles. The first kappa shape index (κ1) is 30.6. The minimum atomic E-state index is -0.755. The maximum Gasteiger partial charge on any atom is 0.319 e. The van der Waals surface area contributed by atoms with Gasteiger partial charge in [0.15, 0.2) is 5.82 Å². The summed E-state index contributed by atoms with van der Waals surface area (Å²) in [5.41, 5.74) is 6.23. The van der Waals surface area contributed by atoms with Gasteiger partial charge in [-0.1, -0.05) is 13.5 Å². The van der Waals surface area contributed by atoms with E-state index >= 15 is 4.39 Å². The predicted octanol–water partition coefficient (Wildman–Crippen LogP) is 5.11. The first-order valence-electron chi connectivity index (χ1n) is 15.0. The van der Waals surface area contributed by atoms with Crippen LogP contribution in [0.4, 0.5) is 19.6 Å². The average molecular weight is 633 g/mol. The van der Waals surface area contributed by atoms with Crippen LogP contribution < -0.4 is 15.4 Å². The smallest absolute Gasteiger partial charge is 0.319 e. The van der Waals surface area contributed by atoms with Gasteiger partial charge >= 0.3 is 6.01 Å². The second kappa shape index (κ2) is 12.2. The van der Waals surface area contributed by atoms with Crippen LogP contribution in [0.1, 0.15) is 38.7 Å². The Morgan fingerprint density at radius 2 is 2.11 bits per heavy atom. The van der Waals surface area contributed by atoms with E-state index in [2.05, 4.69) is 28.4 Å². The lowest BCUT2D eigenvalue weighted by molar-refractivity contribution is -0.126. The fraction of sp³-hybridized carbons (Fsp3) is 0.406. The number of amides is 1. The largest absolute Gasteiger partial charge is 0.462 e. The molecule has 5 heterocycles. The minimum Gasteiger partial charge on any atom is -0.462 e. The Morgan fingerprint density at radius 3 is 2.84 bits per heavy atom. The normalized spacial score (nSPS) is 20.2. The molecule has 10 nitrogen and oxygen atoms in total. The number of ether oxygens (including phenoxy) is 1. The van der Waals surface area contributed by atoms with Crippen LogP contribution in [0.2, 0.25) is 0 Å². The summed E-state index contributed by atoms with van der Waals surface area (Å²) in [6.45, 7) is 10.5. The highest BCUT2D eigenvalue weighted by Gasteiger charge is 2.37. The number of likely N-dealkylation sites (tertiary alicyclic amines) is 2. The molecule has 0 radical (unpaired) electrons. The van der Waals surface area contributed by atoms with E-state index in [-0.39, 0.29) is 67.5 Å². The molecule has 2 saturated heterocycles. The van der Waals surface area contributed by atoms with Crippen LogP contribution in [0.5, 0.6) is 6.01 Å². The number of nitrogens with zero attached hydrogens (tertiary/aromatic N) is 7. The van der Waals surface area contributed by atoms with Gasteiger partial charge in [0.1, 0.15) is 40.5 Å². The van der Waals surface area contributed by atoms with Gasteiger partial charge in [-0.2, -0.15) is 15.2 Å². The fourth-order valence-electron chi connectivity index (χ4n) is 6.74. The van der Waals surface area contributed by atoms with Gasteiger partial charge in [-0.3, -0.25) is 14.7 Å². The molecule has 1 unspecified atom stereocenters. The van der Waals surface area contributed by atoms with Gasteiger partial charge in [0, 0.05) is 42.8 Å². The Morgan fingerprint density at radius 1 is 1.31 bits per heavy atom. The molecule has 3 aromatic heterocycles. The van der Waals surface area contributed by atoms with Gasteiger partial charge in [0.2, 0.25) is 5.91 Å². The number of nitriles is 1. The number of carbonyl (C=O) groups excluding carboxylic acids is 1. The number of anilines is 2. The molecule has 45 heavy (non-hydrogen) atoms. The third-order valence-corrected chi connectivity index (χ3v) is 10.2. The molecule has 0 bridgehead atoms. The molecule has 1 amide bonds. The van der Waals surface area contributed by atoms with Gasteiger partial charge in [-0.15, -0.1) is 11.3 Å². The van der Waals surface area contributed by atoms with Gasteiger partial charge in [0.05, 0.1) is 21.7 Å². The molecule has 2 aliphatic rings. The standard InChI is InChI=1S/C32H34F2N8O2S/c1-5-24(43)42-13-11-23(17(42)3)40(4)31-21-15-37-27(19-9-10-22(33)29-25(19)20(14-35)30(36)45-29)26(34)28(21)38-32(39-31)44-16-18-8-7-12-41(18)6-2/h5,9-10,15,17-18,23H,1,6-8,11-13,16,36H2,2-4H3/t17-,18+,23?/m1/s1. The lowest BCUT2D eigenvalue weighted by Gasteiger charge is -2.32. The number of nitrogens with two attached hydrogens (primary N) is 1. The number of hydrogen-bond acceptors (Lipinski definition) is 10. The van der Waals surface area contributed by atoms with Crippen molar-refractivity contribution < 1.29 is 18.3 Å². The number of thiophene rings is 1. The SMILES string of the molecule is C=CC(=O)N1CCC(N(C)c2nc(OC[C@@H]3CCCN3CC)nc3c(F)c(-c4ccc(F)c5sc(N)c(C#N)c45)ncc23)[C@H]1C. The maximum absolute atomic E-state index is 16.7.